The minimum atomic E-state index is -0.792. The van der Waals surface area contributed by atoms with Crippen LogP contribution in [0.1, 0.15) is 89.5 Å². The molecule has 33 heavy (non-hydrogen) atoms. The summed E-state index contributed by atoms with van der Waals surface area (Å²) in [4.78, 5) is 29.1. The molecule has 0 aromatic heterocycles. The number of amides is 1. The van der Waals surface area contributed by atoms with E-state index in [0.29, 0.717) is 18.5 Å². The van der Waals surface area contributed by atoms with E-state index in [0.717, 1.165) is 42.0 Å². The van der Waals surface area contributed by atoms with Gasteiger partial charge in [0, 0.05) is 43.2 Å². The summed E-state index contributed by atoms with van der Waals surface area (Å²) in [5, 5.41) is 9.20. The monoisotopic (exact) mass is 452 g/mol. The number of carbonyl (C=O) groups excluding carboxylic acids is 1. The highest BCUT2D eigenvalue weighted by Crippen LogP contribution is 2.46. The van der Waals surface area contributed by atoms with Crippen LogP contribution in [-0.2, 0) is 16.0 Å². The average Bonchev–Trinajstić information content (AvgIpc) is 2.77. The predicted octanol–water partition coefficient (Wildman–Crippen LogP) is 5.41. The van der Waals surface area contributed by atoms with Gasteiger partial charge >= 0.3 is 5.97 Å². The Labute approximate surface area is 198 Å². The first-order valence-corrected chi connectivity index (χ1v) is 13.4. The lowest BCUT2D eigenvalue weighted by molar-refractivity contribution is -0.137. The second-order valence-electron chi connectivity index (χ2n) is 11.2. The fraction of sp³-hybridized carbons (Fsp3) is 0.714. The van der Waals surface area contributed by atoms with E-state index >= 15 is 0 Å². The summed E-state index contributed by atoms with van der Waals surface area (Å²) < 4.78 is 0. The third-order valence-electron chi connectivity index (χ3n) is 9.09. The number of carboxylic acids is 1. The molecule has 6 atom stereocenters. The van der Waals surface area contributed by atoms with Gasteiger partial charge in [0.05, 0.1) is 0 Å². The number of carboxylic acid groups (broad SMARTS) is 1. The Morgan fingerprint density at radius 3 is 2.18 bits per heavy atom. The average molecular weight is 453 g/mol. The van der Waals surface area contributed by atoms with Crippen molar-refractivity contribution in [2.45, 2.75) is 115 Å². The molecule has 2 aliphatic heterocycles. The molecule has 1 aromatic carbocycles. The minimum Gasteiger partial charge on any atom is -0.481 e. The van der Waals surface area contributed by atoms with Gasteiger partial charge in [0.1, 0.15) is 0 Å². The van der Waals surface area contributed by atoms with E-state index in [1.807, 2.05) is 29.2 Å². The number of carbonyl (C=O) groups is 2. The highest BCUT2D eigenvalue weighted by Gasteiger charge is 2.46. The Morgan fingerprint density at radius 2 is 1.55 bits per heavy atom. The van der Waals surface area contributed by atoms with Crippen LogP contribution in [0.15, 0.2) is 24.3 Å². The predicted molar refractivity (Wildman–Crippen MR) is 130 cm³/mol. The van der Waals surface area contributed by atoms with Crippen LogP contribution in [0, 0.1) is 11.8 Å². The molecule has 4 fully saturated rings. The number of aryl methyl sites for hydroxylation is 1. The Kier molecular flexibility index (Phi) is 6.78. The summed E-state index contributed by atoms with van der Waals surface area (Å²) in [6, 6.07) is 10.1. The molecule has 5 heteroatoms. The van der Waals surface area contributed by atoms with Crippen molar-refractivity contribution in [3.8, 4) is 0 Å². The number of nitrogens with zero attached hydrogens (tertiary/aromatic N) is 2. The Hall–Kier alpha value is -1.88. The fourth-order valence-corrected chi connectivity index (χ4v) is 7.96. The molecule has 0 unspecified atom stereocenters. The number of hydrogen-bond acceptors (Lipinski definition) is 3. The van der Waals surface area contributed by atoms with Crippen molar-refractivity contribution in [2.75, 3.05) is 4.90 Å². The summed E-state index contributed by atoms with van der Waals surface area (Å²) in [7, 11) is 0. The number of hydrogen-bond donors (Lipinski definition) is 1. The standard InChI is InChI=1S/C28H40N2O3/c1-19(31)29(27-11-3-2-8-22(27)12-13-28(32)33)26-17-23-9-5-10-24(18-26)30(23)25-15-20-6-4-7-21(14-20)16-25/h2-3,8,11,20-21,23-26H,4-7,9-10,12-18H2,1H3,(H,32,33)/t20-,21+,23-,24+,25+,26+. The minimum absolute atomic E-state index is 0.0847. The van der Waals surface area contributed by atoms with E-state index in [1.54, 1.807) is 6.92 Å². The van der Waals surface area contributed by atoms with E-state index in [-0.39, 0.29) is 18.4 Å². The SMILES string of the molecule is CC(=O)N(c1ccccc1CCC(=O)O)[C@H]1C[C@H]2CCC[C@@H](C1)N2[C@H]1C[C@@H]2CCC[C@@H](C2)C1. The first kappa shape index (κ1) is 22.9. The van der Waals surface area contributed by atoms with E-state index in [1.165, 1.54) is 57.8 Å². The zero-order chi connectivity index (χ0) is 22.9. The van der Waals surface area contributed by atoms with Crippen LogP contribution < -0.4 is 4.90 Å². The molecule has 2 aliphatic carbocycles. The number of benzene rings is 1. The van der Waals surface area contributed by atoms with Gasteiger partial charge in [-0.1, -0.05) is 43.9 Å². The first-order chi connectivity index (χ1) is 16.0. The molecule has 4 aliphatic rings. The maximum atomic E-state index is 13.0. The zero-order valence-electron chi connectivity index (χ0n) is 20.1. The number of para-hydroxylation sites is 1. The first-order valence-electron chi connectivity index (χ1n) is 13.4. The Bertz CT molecular complexity index is 844. The van der Waals surface area contributed by atoms with E-state index in [2.05, 4.69) is 4.90 Å². The molecule has 5 rings (SSSR count). The van der Waals surface area contributed by atoms with Crippen molar-refractivity contribution in [1.29, 1.82) is 0 Å². The molecular weight excluding hydrogens is 412 g/mol. The number of anilines is 1. The van der Waals surface area contributed by atoms with Gasteiger partial charge in [0.25, 0.3) is 0 Å². The summed E-state index contributed by atoms with van der Waals surface area (Å²) in [5.41, 5.74) is 1.90. The lowest BCUT2D eigenvalue weighted by Gasteiger charge is -2.56. The lowest BCUT2D eigenvalue weighted by Crippen LogP contribution is -2.61. The molecule has 2 heterocycles. The third kappa shape index (κ3) is 4.84. The van der Waals surface area contributed by atoms with E-state index < -0.39 is 5.97 Å². The normalized spacial score (nSPS) is 34.0. The van der Waals surface area contributed by atoms with Crippen molar-refractivity contribution in [2.24, 2.45) is 11.8 Å². The molecule has 2 saturated heterocycles. The van der Waals surface area contributed by atoms with Crippen LogP contribution >= 0.6 is 0 Å². The van der Waals surface area contributed by atoms with Crippen molar-refractivity contribution >= 4 is 17.6 Å². The van der Waals surface area contributed by atoms with Gasteiger partial charge in [-0.05, 0) is 74.8 Å². The van der Waals surface area contributed by atoms with Crippen LogP contribution in [0.25, 0.3) is 0 Å². The molecule has 2 saturated carbocycles. The topological polar surface area (TPSA) is 60.9 Å². The molecule has 1 N–H and O–H groups in total. The third-order valence-corrected chi connectivity index (χ3v) is 9.09. The van der Waals surface area contributed by atoms with Crippen molar-refractivity contribution in [3.05, 3.63) is 29.8 Å². The number of aliphatic carboxylic acids is 1. The van der Waals surface area contributed by atoms with Gasteiger partial charge in [-0.25, -0.2) is 0 Å². The van der Waals surface area contributed by atoms with E-state index in [9.17, 15) is 14.7 Å². The Morgan fingerprint density at radius 1 is 0.909 bits per heavy atom. The molecule has 5 nitrogen and oxygen atoms in total. The summed E-state index contributed by atoms with van der Waals surface area (Å²) in [5.74, 6) is 1.17. The summed E-state index contributed by atoms with van der Waals surface area (Å²) in [6.07, 6.45) is 15.0. The largest absolute Gasteiger partial charge is 0.481 e. The van der Waals surface area contributed by atoms with Gasteiger partial charge in [0.2, 0.25) is 5.91 Å². The van der Waals surface area contributed by atoms with Crippen LogP contribution in [-0.4, -0.2) is 46.1 Å². The second kappa shape index (κ2) is 9.77. The van der Waals surface area contributed by atoms with Gasteiger partial charge in [-0.2, -0.15) is 0 Å². The van der Waals surface area contributed by atoms with Crippen LogP contribution in [0.3, 0.4) is 0 Å². The maximum absolute atomic E-state index is 13.0. The van der Waals surface area contributed by atoms with E-state index in [4.69, 9.17) is 0 Å². The Balaban J connectivity index is 1.36. The quantitative estimate of drug-likeness (QED) is 0.627. The molecule has 1 amide bonds. The summed E-state index contributed by atoms with van der Waals surface area (Å²) >= 11 is 0. The highest BCUT2D eigenvalue weighted by molar-refractivity contribution is 5.93. The molecule has 1 aromatic rings. The maximum Gasteiger partial charge on any atom is 0.303 e. The van der Waals surface area contributed by atoms with Crippen molar-refractivity contribution < 1.29 is 14.7 Å². The molecule has 0 radical (unpaired) electrons. The fourth-order valence-electron chi connectivity index (χ4n) is 7.96. The lowest BCUT2D eigenvalue weighted by atomic mass is 9.68. The van der Waals surface area contributed by atoms with Crippen molar-refractivity contribution in [1.82, 2.24) is 4.90 Å². The van der Waals surface area contributed by atoms with Crippen LogP contribution in [0.2, 0.25) is 0 Å². The summed E-state index contributed by atoms with van der Waals surface area (Å²) in [6.45, 7) is 1.68. The molecule has 180 valence electrons. The van der Waals surface area contributed by atoms with Gasteiger partial charge < -0.3 is 10.0 Å². The zero-order valence-corrected chi connectivity index (χ0v) is 20.1. The van der Waals surface area contributed by atoms with Crippen molar-refractivity contribution in [3.63, 3.8) is 0 Å². The molecule has 0 spiro atoms. The van der Waals surface area contributed by atoms with Gasteiger partial charge in [-0.15, -0.1) is 0 Å². The number of piperidine rings is 2. The smallest absolute Gasteiger partial charge is 0.303 e. The molecular formula is C28H40N2O3. The van der Waals surface area contributed by atoms with Gasteiger partial charge in [-0.3, -0.25) is 14.5 Å². The number of fused-ring (bicyclic) bond motifs is 4. The highest BCUT2D eigenvalue weighted by atomic mass is 16.4. The number of rotatable bonds is 6. The van der Waals surface area contributed by atoms with Crippen LogP contribution in [0.5, 0.6) is 0 Å². The second-order valence-corrected chi connectivity index (χ2v) is 11.2. The van der Waals surface area contributed by atoms with Crippen LogP contribution in [0.4, 0.5) is 5.69 Å². The van der Waals surface area contributed by atoms with Gasteiger partial charge in [0.15, 0.2) is 0 Å². The molecule has 4 bridgehead atoms.